The van der Waals surface area contributed by atoms with Crippen LogP contribution in [0, 0.1) is 0 Å². The average Bonchev–Trinajstić information content (AvgIpc) is 3.07. The minimum absolute atomic E-state index is 0.155. The molecule has 7 heteroatoms. The number of carbonyl (C=O) groups excluding carboxylic acids is 1. The van der Waals surface area contributed by atoms with Gasteiger partial charge in [-0.05, 0) is 41.3 Å². The molecule has 4 rings (SSSR count). The van der Waals surface area contributed by atoms with Crippen LogP contribution in [0.2, 0.25) is 0 Å². The van der Waals surface area contributed by atoms with Crippen molar-refractivity contribution in [2.75, 3.05) is 5.32 Å². The summed E-state index contributed by atoms with van der Waals surface area (Å²) in [6.07, 6.45) is 0. The molecular formula is C20H18N4O2S. The Hall–Kier alpha value is -3.06. The summed E-state index contributed by atoms with van der Waals surface area (Å²) in [5, 5.41) is 3.85. The van der Waals surface area contributed by atoms with Gasteiger partial charge in [0.2, 0.25) is 5.56 Å². The van der Waals surface area contributed by atoms with Crippen LogP contribution in [0.1, 0.15) is 36.7 Å². The highest BCUT2D eigenvalue weighted by atomic mass is 32.1. The minimum Gasteiger partial charge on any atom is -0.322 e. The lowest BCUT2D eigenvalue weighted by Gasteiger charge is -2.21. The highest BCUT2D eigenvalue weighted by Gasteiger charge is 2.18. The molecule has 0 aliphatic heterocycles. The predicted molar refractivity (Wildman–Crippen MR) is 109 cm³/mol. The lowest BCUT2D eigenvalue weighted by molar-refractivity contribution is 0.102. The van der Waals surface area contributed by atoms with Crippen molar-refractivity contribution in [2.45, 2.75) is 26.2 Å². The number of aromatic amines is 1. The van der Waals surface area contributed by atoms with Crippen molar-refractivity contribution in [2.24, 2.45) is 0 Å². The maximum atomic E-state index is 12.6. The highest BCUT2D eigenvalue weighted by Crippen LogP contribution is 2.29. The van der Waals surface area contributed by atoms with E-state index < -0.39 is 0 Å². The zero-order valence-corrected chi connectivity index (χ0v) is 16.0. The van der Waals surface area contributed by atoms with Crippen LogP contribution in [0.5, 0.6) is 0 Å². The predicted octanol–water partition coefficient (Wildman–Crippen LogP) is 4.08. The van der Waals surface area contributed by atoms with Crippen LogP contribution in [0.4, 0.5) is 5.69 Å². The van der Waals surface area contributed by atoms with Gasteiger partial charge in [0.25, 0.3) is 5.91 Å². The molecule has 0 atom stereocenters. The first-order chi connectivity index (χ1) is 12.8. The third-order valence-electron chi connectivity index (χ3n) is 4.42. The average molecular weight is 378 g/mol. The van der Waals surface area contributed by atoms with Crippen molar-refractivity contribution in [3.05, 3.63) is 63.9 Å². The first kappa shape index (κ1) is 17.4. The molecule has 2 heterocycles. The molecule has 1 amide bonds. The number of anilines is 1. The molecule has 0 spiro atoms. The van der Waals surface area contributed by atoms with E-state index in [0.717, 1.165) is 28.2 Å². The van der Waals surface area contributed by atoms with E-state index in [2.05, 4.69) is 39.8 Å². The van der Waals surface area contributed by atoms with E-state index in [1.54, 1.807) is 30.3 Å². The summed E-state index contributed by atoms with van der Waals surface area (Å²) in [5.41, 5.74) is 3.95. The van der Waals surface area contributed by atoms with E-state index in [1.807, 2.05) is 12.1 Å². The summed E-state index contributed by atoms with van der Waals surface area (Å²) in [6, 6.07) is 12.4. The lowest BCUT2D eigenvalue weighted by atomic mass is 9.85. The molecule has 0 saturated carbocycles. The van der Waals surface area contributed by atoms with Crippen molar-refractivity contribution >= 4 is 45.3 Å². The molecule has 4 aromatic rings. The van der Waals surface area contributed by atoms with Crippen LogP contribution in [0.25, 0.3) is 21.9 Å². The Morgan fingerprint density at radius 1 is 1.04 bits per heavy atom. The van der Waals surface area contributed by atoms with Crippen molar-refractivity contribution < 1.29 is 4.79 Å². The van der Waals surface area contributed by atoms with E-state index in [0.29, 0.717) is 22.3 Å². The molecule has 0 aliphatic rings. The molecule has 0 aliphatic carbocycles. The Morgan fingerprint density at radius 3 is 2.59 bits per heavy atom. The van der Waals surface area contributed by atoms with Gasteiger partial charge in [-0.2, -0.15) is 8.75 Å². The first-order valence-corrected chi connectivity index (χ1v) is 9.25. The zero-order valence-electron chi connectivity index (χ0n) is 15.2. The smallest absolute Gasteiger partial charge is 0.255 e. The Bertz CT molecular complexity index is 1230. The van der Waals surface area contributed by atoms with Crippen molar-refractivity contribution in [3.8, 4) is 0 Å². The number of nitrogens with zero attached hydrogens (tertiary/aromatic N) is 2. The maximum Gasteiger partial charge on any atom is 0.255 e. The van der Waals surface area contributed by atoms with Gasteiger partial charge >= 0.3 is 0 Å². The van der Waals surface area contributed by atoms with Gasteiger partial charge in [0, 0.05) is 22.7 Å². The van der Waals surface area contributed by atoms with Crippen LogP contribution >= 0.6 is 11.7 Å². The molecule has 27 heavy (non-hydrogen) atoms. The molecular weight excluding hydrogens is 360 g/mol. The summed E-state index contributed by atoms with van der Waals surface area (Å²) >= 11 is 1.12. The first-order valence-electron chi connectivity index (χ1n) is 8.52. The van der Waals surface area contributed by atoms with Gasteiger partial charge in [0.05, 0.1) is 17.2 Å². The summed E-state index contributed by atoms with van der Waals surface area (Å²) in [4.78, 5) is 27.5. The monoisotopic (exact) mass is 378 g/mol. The number of pyridine rings is 1. The van der Waals surface area contributed by atoms with Crippen LogP contribution in [0.3, 0.4) is 0 Å². The molecule has 6 nitrogen and oxygen atoms in total. The molecule has 2 aromatic heterocycles. The SMILES string of the molecule is CC(C)(C)c1cc(=O)[nH]c2cc(NC(=O)c3ccc4nsnc4c3)ccc12. The van der Waals surface area contributed by atoms with E-state index in [1.165, 1.54) is 0 Å². The number of H-pyrrole nitrogens is 1. The summed E-state index contributed by atoms with van der Waals surface area (Å²) in [5.74, 6) is -0.237. The van der Waals surface area contributed by atoms with Gasteiger partial charge in [0.1, 0.15) is 11.0 Å². The second kappa shape index (κ2) is 6.28. The second-order valence-electron chi connectivity index (χ2n) is 7.48. The third-order valence-corrected chi connectivity index (χ3v) is 4.98. The van der Waals surface area contributed by atoms with E-state index >= 15 is 0 Å². The quantitative estimate of drug-likeness (QED) is 0.550. The summed E-state index contributed by atoms with van der Waals surface area (Å²) in [6.45, 7) is 6.21. The number of carbonyl (C=O) groups is 1. The van der Waals surface area contributed by atoms with Gasteiger partial charge in [-0.1, -0.05) is 26.8 Å². The number of hydrogen-bond acceptors (Lipinski definition) is 5. The van der Waals surface area contributed by atoms with Crippen LogP contribution < -0.4 is 10.9 Å². The van der Waals surface area contributed by atoms with E-state index in [-0.39, 0.29) is 16.9 Å². The fraction of sp³-hybridized carbons (Fsp3) is 0.200. The number of nitrogens with one attached hydrogen (secondary N) is 2. The topological polar surface area (TPSA) is 87.7 Å². The van der Waals surface area contributed by atoms with Crippen LogP contribution in [-0.2, 0) is 5.41 Å². The molecule has 0 saturated heterocycles. The standard InChI is InChI=1S/C20H18N4O2S/c1-20(2,3)14-10-18(25)22-16-9-12(5-6-13(14)16)21-19(26)11-4-7-15-17(8-11)24-27-23-15/h4-10H,1-3H3,(H,21,26)(H,22,25). The molecule has 2 N–H and O–H groups in total. The second-order valence-corrected chi connectivity index (χ2v) is 8.01. The Labute approximate surface area is 159 Å². The van der Waals surface area contributed by atoms with Crippen LogP contribution in [-0.4, -0.2) is 19.6 Å². The van der Waals surface area contributed by atoms with E-state index in [9.17, 15) is 9.59 Å². The van der Waals surface area contributed by atoms with Gasteiger partial charge < -0.3 is 10.3 Å². The Morgan fingerprint density at radius 2 is 1.81 bits per heavy atom. The number of aromatic nitrogens is 3. The Balaban J connectivity index is 1.69. The van der Waals surface area contributed by atoms with Gasteiger partial charge in [-0.25, -0.2) is 0 Å². The minimum atomic E-state index is -0.237. The molecule has 2 aromatic carbocycles. The molecule has 0 fully saturated rings. The number of amides is 1. The largest absolute Gasteiger partial charge is 0.322 e. The van der Waals surface area contributed by atoms with Gasteiger partial charge in [0.15, 0.2) is 0 Å². The fourth-order valence-electron chi connectivity index (χ4n) is 3.09. The number of fused-ring (bicyclic) bond motifs is 2. The van der Waals surface area contributed by atoms with Crippen molar-refractivity contribution in [1.29, 1.82) is 0 Å². The number of rotatable bonds is 2. The molecule has 0 bridgehead atoms. The molecule has 136 valence electrons. The normalized spacial score (nSPS) is 11.8. The number of benzene rings is 2. The number of hydrogen-bond donors (Lipinski definition) is 2. The lowest BCUT2D eigenvalue weighted by Crippen LogP contribution is -2.17. The van der Waals surface area contributed by atoms with Crippen molar-refractivity contribution in [1.82, 2.24) is 13.7 Å². The van der Waals surface area contributed by atoms with Crippen molar-refractivity contribution in [3.63, 3.8) is 0 Å². The summed E-state index contributed by atoms with van der Waals surface area (Å²) < 4.78 is 8.30. The van der Waals surface area contributed by atoms with Gasteiger partial charge in [-0.15, -0.1) is 0 Å². The van der Waals surface area contributed by atoms with Gasteiger partial charge in [-0.3, -0.25) is 9.59 Å². The van der Waals surface area contributed by atoms with Crippen LogP contribution in [0.15, 0.2) is 47.3 Å². The summed E-state index contributed by atoms with van der Waals surface area (Å²) in [7, 11) is 0. The molecule has 0 radical (unpaired) electrons. The van der Waals surface area contributed by atoms with E-state index in [4.69, 9.17) is 0 Å². The zero-order chi connectivity index (χ0) is 19.2. The third kappa shape index (κ3) is 3.33. The highest BCUT2D eigenvalue weighted by molar-refractivity contribution is 7.00. The maximum absolute atomic E-state index is 12.6. The molecule has 0 unspecified atom stereocenters. The Kier molecular flexibility index (Phi) is 4.04. The fourth-order valence-corrected chi connectivity index (χ4v) is 3.60.